The first-order chi connectivity index (χ1) is 17.8. The monoisotopic (exact) mass is 564 g/mol. The van der Waals surface area contributed by atoms with E-state index in [1.807, 2.05) is 4.72 Å². The lowest BCUT2D eigenvalue weighted by Gasteiger charge is -2.10. The van der Waals surface area contributed by atoms with Crippen LogP contribution >= 0.6 is 11.6 Å². The lowest BCUT2D eigenvalue weighted by Crippen LogP contribution is -2.28. The van der Waals surface area contributed by atoms with Crippen LogP contribution in [0.3, 0.4) is 0 Å². The number of para-hydroxylation sites is 1. The molecule has 0 unspecified atom stereocenters. The van der Waals surface area contributed by atoms with Gasteiger partial charge in [0, 0.05) is 25.2 Å². The van der Waals surface area contributed by atoms with Crippen LogP contribution in [0.15, 0.2) is 83.8 Å². The third-order valence-electron chi connectivity index (χ3n) is 5.22. The van der Waals surface area contributed by atoms with Gasteiger partial charge in [-0.15, -0.1) is 0 Å². The maximum Gasteiger partial charge on any atom is 0.435 e. The van der Waals surface area contributed by atoms with Crippen molar-refractivity contribution >= 4 is 39.1 Å². The zero-order valence-electron chi connectivity index (χ0n) is 19.5. The normalized spacial score (nSPS) is 11.7. The Hall–Kier alpha value is -4.16. The zero-order valence-corrected chi connectivity index (χ0v) is 21.0. The molecule has 0 aliphatic carbocycles. The van der Waals surface area contributed by atoms with Crippen molar-refractivity contribution in [1.82, 2.24) is 14.5 Å². The Labute approximate surface area is 221 Å². The molecule has 4 rings (SSSR count). The fourth-order valence-electron chi connectivity index (χ4n) is 3.49. The van der Waals surface area contributed by atoms with E-state index in [1.54, 1.807) is 12.1 Å². The van der Waals surface area contributed by atoms with Gasteiger partial charge in [0.05, 0.1) is 21.3 Å². The zero-order chi connectivity index (χ0) is 27.7. The van der Waals surface area contributed by atoms with Gasteiger partial charge in [-0.3, -0.25) is 9.59 Å². The van der Waals surface area contributed by atoms with E-state index in [1.165, 1.54) is 60.7 Å². The summed E-state index contributed by atoms with van der Waals surface area (Å²) in [5.41, 5.74) is 0.116. The molecule has 2 amide bonds. The standard InChI is InChI=1S/C25H18ClF3N4O4S.H2/c1-15(34)32-38(36,37)19-12-10-18(11-13-19)30-24(35)17-8-6-16(7-9-17)22-14-23(25(27,28)29)31-33(22)21-5-3-2-4-20(21)26;/h2-14H,1H3,(H,30,35)(H,32,34);1H. The number of carbonyl (C=O) groups excluding carboxylic acids is 2. The van der Waals surface area contributed by atoms with Gasteiger partial charge in [-0.2, -0.15) is 18.3 Å². The quantitative estimate of drug-likeness (QED) is 0.320. The molecule has 1 aromatic heterocycles. The van der Waals surface area contributed by atoms with Crippen molar-refractivity contribution in [3.8, 4) is 16.9 Å². The number of aromatic nitrogens is 2. The van der Waals surface area contributed by atoms with Crippen LogP contribution in [-0.4, -0.2) is 30.0 Å². The van der Waals surface area contributed by atoms with Crippen LogP contribution in [0.1, 0.15) is 24.4 Å². The fourth-order valence-corrected chi connectivity index (χ4v) is 4.70. The lowest BCUT2D eigenvalue weighted by atomic mass is 10.1. The van der Waals surface area contributed by atoms with Crippen molar-refractivity contribution in [2.45, 2.75) is 18.0 Å². The van der Waals surface area contributed by atoms with Gasteiger partial charge in [0.1, 0.15) is 0 Å². The summed E-state index contributed by atoms with van der Waals surface area (Å²) in [6.07, 6.45) is -4.68. The maximum absolute atomic E-state index is 13.4. The van der Waals surface area contributed by atoms with Crippen molar-refractivity contribution in [3.63, 3.8) is 0 Å². The van der Waals surface area contributed by atoms with Gasteiger partial charge in [-0.05, 0) is 54.6 Å². The minimum atomic E-state index is -4.68. The third kappa shape index (κ3) is 5.87. The minimum Gasteiger partial charge on any atom is -0.322 e. The molecule has 0 aliphatic heterocycles. The van der Waals surface area contributed by atoms with E-state index >= 15 is 0 Å². The second-order valence-electron chi connectivity index (χ2n) is 7.99. The molecule has 1 heterocycles. The van der Waals surface area contributed by atoms with Crippen molar-refractivity contribution in [3.05, 3.63) is 95.1 Å². The van der Waals surface area contributed by atoms with Crippen LogP contribution in [0.2, 0.25) is 5.02 Å². The molecule has 198 valence electrons. The number of benzene rings is 3. The van der Waals surface area contributed by atoms with E-state index in [0.29, 0.717) is 5.56 Å². The number of rotatable bonds is 6. The molecule has 0 fully saturated rings. The van der Waals surface area contributed by atoms with E-state index in [-0.39, 0.29) is 34.0 Å². The maximum atomic E-state index is 13.4. The average Bonchev–Trinajstić information content (AvgIpc) is 3.30. The summed E-state index contributed by atoms with van der Waals surface area (Å²) >= 11 is 6.20. The summed E-state index contributed by atoms with van der Waals surface area (Å²) in [5.74, 6) is -1.28. The average molecular weight is 565 g/mol. The van der Waals surface area contributed by atoms with Gasteiger partial charge < -0.3 is 5.32 Å². The first kappa shape index (κ1) is 26.9. The Balaban J connectivity index is 0.00000420. The number of anilines is 1. The largest absolute Gasteiger partial charge is 0.435 e. The smallest absolute Gasteiger partial charge is 0.322 e. The SMILES string of the molecule is CC(=O)NS(=O)(=O)c1ccc(NC(=O)c2ccc(-c3cc(C(F)(F)F)nn3-c3ccccc3Cl)cc2)cc1.[HH]. The predicted octanol–water partition coefficient (Wildman–Crippen LogP) is 5.53. The van der Waals surface area contributed by atoms with Gasteiger partial charge >= 0.3 is 6.18 Å². The Bertz CT molecular complexity index is 1620. The number of nitrogens with one attached hydrogen (secondary N) is 2. The molecule has 0 radical (unpaired) electrons. The molecule has 0 saturated heterocycles. The Kier molecular flexibility index (Phi) is 7.29. The summed E-state index contributed by atoms with van der Waals surface area (Å²) in [6, 6.07) is 18.2. The fraction of sp³-hybridized carbons (Fsp3) is 0.0800. The molecule has 0 bridgehead atoms. The van der Waals surface area contributed by atoms with Crippen LogP contribution in [0.4, 0.5) is 18.9 Å². The van der Waals surface area contributed by atoms with Crippen LogP contribution in [0.25, 0.3) is 16.9 Å². The molecule has 3 aromatic carbocycles. The van der Waals surface area contributed by atoms with Gasteiger partial charge in [-0.1, -0.05) is 35.9 Å². The number of nitrogens with zero attached hydrogens (tertiary/aromatic N) is 2. The summed E-state index contributed by atoms with van der Waals surface area (Å²) in [5, 5.41) is 6.51. The van der Waals surface area contributed by atoms with E-state index in [2.05, 4.69) is 10.4 Å². The van der Waals surface area contributed by atoms with Gasteiger partial charge in [0.25, 0.3) is 15.9 Å². The Morgan fingerprint density at radius 1 is 0.974 bits per heavy atom. The highest BCUT2D eigenvalue weighted by atomic mass is 35.5. The number of hydrogen-bond acceptors (Lipinski definition) is 5. The first-order valence-electron chi connectivity index (χ1n) is 10.8. The van der Waals surface area contributed by atoms with Crippen LogP contribution in [0, 0.1) is 0 Å². The molecule has 13 heteroatoms. The molecule has 0 aliphatic rings. The third-order valence-corrected chi connectivity index (χ3v) is 6.99. The molecule has 0 atom stereocenters. The number of alkyl halides is 3. The van der Waals surface area contributed by atoms with E-state index < -0.39 is 33.7 Å². The van der Waals surface area contributed by atoms with Crippen LogP contribution in [0.5, 0.6) is 0 Å². The molecule has 0 saturated carbocycles. The van der Waals surface area contributed by atoms with Crippen molar-refractivity contribution < 1.29 is 32.6 Å². The predicted molar refractivity (Wildman–Crippen MR) is 137 cm³/mol. The van der Waals surface area contributed by atoms with Gasteiger partial charge in [0.2, 0.25) is 5.91 Å². The van der Waals surface area contributed by atoms with E-state index in [9.17, 15) is 31.2 Å². The Morgan fingerprint density at radius 2 is 1.61 bits per heavy atom. The second-order valence-corrected chi connectivity index (χ2v) is 10.1. The van der Waals surface area contributed by atoms with Crippen LogP contribution < -0.4 is 10.0 Å². The highest BCUT2D eigenvalue weighted by Gasteiger charge is 2.35. The molecule has 38 heavy (non-hydrogen) atoms. The van der Waals surface area contributed by atoms with Gasteiger partial charge in [-0.25, -0.2) is 17.8 Å². The number of halogens is 4. The molecule has 0 spiro atoms. The highest BCUT2D eigenvalue weighted by Crippen LogP contribution is 2.34. The molecular weight excluding hydrogens is 545 g/mol. The number of amides is 2. The molecule has 8 nitrogen and oxygen atoms in total. The Morgan fingerprint density at radius 3 is 2.18 bits per heavy atom. The number of hydrogen-bond donors (Lipinski definition) is 2. The minimum absolute atomic E-state index is 0. The number of sulfonamides is 1. The molecular formula is C25H20ClF3N4O4S. The number of carbonyl (C=O) groups is 2. The summed E-state index contributed by atoms with van der Waals surface area (Å²) in [7, 11) is -4.02. The van der Waals surface area contributed by atoms with E-state index in [0.717, 1.165) is 17.7 Å². The van der Waals surface area contributed by atoms with Gasteiger partial charge in [0.15, 0.2) is 5.69 Å². The van der Waals surface area contributed by atoms with Crippen molar-refractivity contribution in [2.75, 3.05) is 5.32 Å². The van der Waals surface area contributed by atoms with Crippen molar-refractivity contribution in [2.24, 2.45) is 0 Å². The molecule has 2 N–H and O–H groups in total. The lowest BCUT2D eigenvalue weighted by molar-refractivity contribution is -0.141. The summed E-state index contributed by atoms with van der Waals surface area (Å²) in [4.78, 5) is 23.6. The second kappa shape index (κ2) is 10.3. The summed E-state index contributed by atoms with van der Waals surface area (Å²) < 4.78 is 67.3. The molecule has 4 aromatic rings. The first-order valence-corrected chi connectivity index (χ1v) is 12.7. The summed E-state index contributed by atoms with van der Waals surface area (Å²) in [6.45, 7) is 1.07. The van der Waals surface area contributed by atoms with Crippen molar-refractivity contribution in [1.29, 1.82) is 0 Å². The highest BCUT2D eigenvalue weighted by molar-refractivity contribution is 7.90. The van der Waals surface area contributed by atoms with Crippen LogP contribution in [-0.2, 0) is 21.0 Å². The topological polar surface area (TPSA) is 110 Å². The van der Waals surface area contributed by atoms with E-state index in [4.69, 9.17) is 11.6 Å².